The molecule has 1 fully saturated rings. The first-order valence-corrected chi connectivity index (χ1v) is 4.57. The topological polar surface area (TPSA) is 20.3 Å². The van der Waals surface area contributed by atoms with Crippen LogP contribution in [0.15, 0.2) is 0 Å². The van der Waals surface area contributed by atoms with Gasteiger partial charge in [0, 0.05) is 19.0 Å². The van der Waals surface area contributed by atoms with Gasteiger partial charge in [-0.05, 0) is 13.3 Å². The zero-order chi connectivity index (χ0) is 9.14. The Kier molecular flexibility index (Phi) is 3.32. The average molecular weight is 194 g/mol. The highest BCUT2D eigenvalue weighted by molar-refractivity contribution is 6.30. The number of halogens is 2. The van der Waals surface area contributed by atoms with E-state index >= 15 is 0 Å². The monoisotopic (exact) mass is 193 g/mol. The van der Waals surface area contributed by atoms with Crippen molar-refractivity contribution < 1.29 is 9.18 Å². The van der Waals surface area contributed by atoms with E-state index in [-0.39, 0.29) is 18.5 Å². The summed E-state index contributed by atoms with van der Waals surface area (Å²) in [7, 11) is 0. The Labute approximate surface area is 76.7 Å². The van der Waals surface area contributed by atoms with Gasteiger partial charge in [0.15, 0.2) is 0 Å². The molecule has 70 valence electrons. The van der Waals surface area contributed by atoms with Crippen molar-refractivity contribution in [2.24, 2.45) is 5.92 Å². The van der Waals surface area contributed by atoms with E-state index in [4.69, 9.17) is 11.6 Å². The van der Waals surface area contributed by atoms with Gasteiger partial charge in [-0.2, -0.15) is 0 Å². The lowest BCUT2D eigenvalue weighted by atomic mass is 10.1. The second-order valence-electron chi connectivity index (χ2n) is 3.21. The van der Waals surface area contributed by atoms with Gasteiger partial charge in [-0.15, -0.1) is 11.6 Å². The molecule has 1 aliphatic rings. The molecule has 0 aromatic carbocycles. The summed E-state index contributed by atoms with van der Waals surface area (Å²) in [5, 5.41) is -0.483. The van der Waals surface area contributed by atoms with Crippen molar-refractivity contribution in [2.75, 3.05) is 19.8 Å². The van der Waals surface area contributed by atoms with Crippen LogP contribution in [0, 0.1) is 5.92 Å². The van der Waals surface area contributed by atoms with Gasteiger partial charge in [0.1, 0.15) is 5.38 Å². The number of nitrogens with zero attached hydrogens (tertiary/aromatic N) is 1. The molecule has 1 amide bonds. The summed E-state index contributed by atoms with van der Waals surface area (Å²) in [6.07, 6.45) is 0.770. The van der Waals surface area contributed by atoms with E-state index < -0.39 is 5.38 Å². The molecule has 0 saturated carbocycles. The first kappa shape index (κ1) is 9.78. The zero-order valence-corrected chi connectivity index (χ0v) is 7.85. The third-order valence-corrected chi connectivity index (χ3v) is 2.34. The molecular formula is C8H13ClFNO. The number of alkyl halides is 2. The van der Waals surface area contributed by atoms with Gasteiger partial charge in [0.2, 0.25) is 5.91 Å². The molecule has 0 N–H and O–H groups in total. The number of hydrogen-bond donors (Lipinski definition) is 0. The summed E-state index contributed by atoms with van der Waals surface area (Å²) in [6.45, 7) is 2.50. The largest absolute Gasteiger partial charge is 0.341 e. The van der Waals surface area contributed by atoms with Crippen LogP contribution in [0.3, 0.4) is 0 Å². The van der Waals surface area contributed by atoms with Crippen LogP contribution in [0.5, 0.6) is 0 Å². The molecule has 12 heavy (non-hydrogen) atoms. The van der Waals surface area contributed by atoms with Crippen LogP contribution in [-0.2, 0) is 4.79 Å². The average Bonchev–Trinajstić information content (AvgIpc) is 2.50. The maximum Gasteiger partial charge on any atom is 0.240 e. The van der Waals surface area contributed by atoms with Gasteiger partial charge < -0.3 is 4.90 Å². The normalized spacial score (nSPS) is 25.9. The number of likely N-dealkylation sites (tertiary alicyclic amines) is 1. The Bertz CT molecular complexity index is 174. The maximum atomic E-state index is 12.2. The first-order chi connectivity index (χ1) is 5.65. The predicted octanol–water partition coefficient (Wildman–Crippen LogP) is 1.43. The van der Waals surface area contributed by atoms with E-state index in [2.05, 4.69) is 0 Å². The Morgan fingerprint density at radius 2 is 2.50 bits per heavy atom. The molecule has 0 spiro atoms. The number of rotatable bonds is 2. The fourth-order valence-electron chi connectivity index (χ4n) is 1.41. The predicted molar refractivity (Wildman–Crippen MR) is 46.0 cm³/mol. The molecule has 4 heteroatoms. The van der Waals surface area contributed by atoms with Crippen molar-refractivity contribution >= 4 is 17.5 Å². The van der Waals surface area contributed by atoms with Crippen LogP contribution in [0.4, 0.5) is 4.39 Å². The lowest BCUT2D eigenvalue weighted by Gasteiger charge is -2.16. The van der Waals surface area contributed by atoms with Gasteiger partial charge in [-0.1, -0.05) is 0 Å². The molecule has 2 atom stereocenters. The Morgan fingerprint density at radius 1 is 1.83 bits per heavy atom. The second kappa shape index (κ2) is 4.08. The molecule has 1 saturated heterocycles. The Balaban J connectivity index is 2.41. The highest BCUT2D eigenvalue weighted by atomic mass is 35.5. The van der Waals surface area contributed by atoms with E-state index in [9.17, 15) is 9.18 Å². The van der Waals surface area contributed by atoms with Crippen molar-refractivity contribution in [3.05, 3.63) is 0 Å². The third kappa shape index (κ3) is 2.09. The number of amides is 1. The van der Waals surface area contributed by atoms with E-state index in [1.807, 2.05) is 0 Å². The fraction of sp³-hybridized carbons (Fsp3) is 0.875. The lowest BCUT2D eigenvalue weighted by Crippen LogP contribution is -2.33. The zero-order valence-electron chi connectivity index (χ0n) is 7.09. The van der Waals surface area contributed by atoms with Crippen molar-refractivity contribution in [3.63, 3.8) is 0 Å². The summed E-state index contributed by atoms with van der Waals surface area (Å²) >= 11 is 5.61. The van der Waals surface area contributed by atoms with Crippen LogP contribution in [-0.4, -0.2) is 35.9 Å². The Morgan fingerprint density at radius 3 is 2.92 bits per heavy atom. The highest BCUT2D eigenvalue weighted by Gasteiger charge is 2.27. The molecule has 1 rings (SSSR count). The second-order valence-corrected chi connectivity index (χ2v) is 3.86. The molecule has 0 radical (unpaired) electrons. The standard InChI is InChI=1S/C8H13ClFNO/c1-6(9)8(12)11-3-2-7(4-10)5-11/h6-7H,2-5H2,1H3/t6-,7+/m0/s1. The summed E-state index contributed by atoms with van der Waals surface area (Å²) in [5.41, 5.74) is 0. The summed E-state index contributed by atoms with van der Waals surface area (Å²) < 4.78 is 12.2. The molecule has 1 heterocycles. The summed E-state index contributed by atoms with van der Waals surface area (Å²) in [4.78, 5) is 12.9. The van der Waals surface area contributed by atoms with Gasteiger partial charge in [0.05, 0.1) is 6.67 Å². The molecule has 0 aliphatic carbocycles. The molecule has 0 bridgehead atoms. The van der Waals surface area contributed by atoms with E-state index in [1.54, 1.807) is 11.8 Å². The summed E-state index contributed by atoms with van der Waals surface area (Å²) in [6, 6.07) is 0. The van der Waals surface area contributed by atoms with Gasteiger partial charge >= 0.3 is 0 Å². The van der Waals surface area contributed by atoms with Crippen molar-refractivity contribution in [1.29, 1.82) is 0 Å². The van der Waals surface area contributed by atoms with Crippen molar-refractivity contribution in [3.8, 4) is 0 Å². The molecular weight excluding hydrogens is 181 g/mol. The van der Waals surface area contributed by atoms with Gasteiger partial charge in [-0.3, -0.25) is 9.18 Å². The van der Waals surface area contributed by atoms with E-state index in [0.717, 1.165) is 6.42 Å². The SMILES string of the molecule is C[C@H](Cl)C(=O)N1CC[C@H](CF)C1. The number of carbonyl (C=O) groups is 1. The molecule has 2 nitrogen and oxygen atoms in total. The maximum absolute atomic E-state index is 12.2. The smallest absolute Gasteiger partial charge is 0.240 e. The first-order valence-electron chi connectivity index (χ1n) is 4.14. The van der Waals surface area contributed by atoms with Crippen LogP contribution < -0.4 is 0 Å². The molecule has 1 aliphatic heterocycles. The van der Waals surface area contributed by atoms with Crippen molar-refractivity contribution in [1.82, 2.24) is 4.90 Å². The minimum Gasteiger partial charge on any atom is -0.341 e. The van der Waals surface area contributed by atoms with Crippen LogP contribution in [0.2, 0.25) is 0 Å². The van der Waals surface area contributed by atoms with Crippen molar-refractivity contribution in [2.45, 2.75) is 18.7 Å². The lowest BCUT2D eigenvalue weighted by molar-refractivity contribution is -0.129. The number of carbonyl (C=O) groups excluding carboxylic acids is 1. The Hall–Kier alpha value is -0.310. The minimum absolute atomic E-state index is 0.0318. The fourth-order valence-corrected chi connectivity index (χ4v) is 1.55. The number of hydrogen-bond acceptors (Lipinski definition) is 1. The van der Waals surface area contributed by atoms with Crippen LogP contribution in [0.1, 0.15) is 13.3 Å². The third-order valence-electron chi connectivity index (χ3n) is 2.16. The molecule has 0 aromatic rings. The molecule has 0 unspecified atom stereocenters. The van der Waals surface area contributed by atoms with Gasteiger partial charge in [-0.25, -0.2) is 0 Å². The minimum atomic E-state index is -0.483. The van der Waals surface area contributed by atoms with Gasteiger partial charge in [0.25, 0.3) is 0 Å². The highest BCUT2D eigenvalue weighted by Crippen LogP contribution is 2.18. The quantitative estimate of drug-likeness (QED) is 0.608. The molecule has 0 aromatic heterocycles. The van der Waals surface area contributed by atoms with E-state index in [0.29, 0.717) is 13.1 Å². The van der Waals surface area contributed by atoms with E-state index in [1.165, 1.54) is 0 Å². The van der Waals surface area contributed by atoms with Crippen LogP contribution in [0.25, 0.3) is 0 Å². The summed E-state index contributed by atoms with van der Waals surface area (Å²) in [5.74, 6) is -0.0445. The van der Waals surface area contributed by atoms with Crippen LogP contribution >= 0.6 is 11.6 Å².